The number of urea groups is 1. The van der Waals surface area contributed by atoms with Crippen molar-refractivity contribution in [1.29, 1.82) is 0 Å². The first-order chi connectivity index (χ1) is 12.4. The van der Waals surface area contributed by atoms with E-state index in [1.54, 1.807) is 7.05 Å². The van der Waals surface area contributed by atoms with E-state index in [2.05, 4.69) is 5.32 Å². The van der Waals surface area contributed by atoms with E-state index in [9.17, 15) is 19.2 Å². The van der Waals surface area contributed by atoms with Crippen LogP contribution in [0.4, 0.5) is 4.79 Å². The van der Waals surface area contributed by atoms with Gasteiger partial charge in [-0.2, -0.15) is 0 Å². The lowest BCUT2D eigenvalue weighted by atomic mass is 10.2. The minimum absolute atomic E-state index is 0.0113. The predicted octanol–water partition coefficient (Wildman–Crippen LogP) is 0.909. The molecule has 26 heavy (non-hydrogen) atoms. The van der Waals surface area contributed by atoms with Crippen molar-refractivity contribution in [3.8, 4) is 0 Å². The maximum absolute atomic E-state index is 12.3. The zero-order valence-electron chi connectivity index (χ0n) is 14.9. The van der Waals surface area contributed by atoms with Crippen LogP contribution in [0.15, 0.2) is 30.3 Å². The quantitative estimate of drug-likeness (QED) is 0.548. The standard InChI is InChI=1S/C18H23N3O5/c1-13(17(24)20(2)12-14-7-4-3-5-8-14)26-16(23)9-6-10-21-15(22)11-19-18(21)25/h3-5,7-8,13H,6,9-12H2,1-2H3,(H,19,25). The van der Waals surface area contributed by atoms with Crippen molar-refractivity contribution in [3.63, 3.8) is 0 Å². The van der Waals surface area contributed by atoms with Gasteiger partial charge in [-0.25, -0.2) is 4.79 Å². The van der Waals surface area contributed by atoms with Gasteiger partial charge in [0.15, 0.2) is 6.10 Å². The fourth-order valence-corrected chi connectivity index (χ4v) is 2.62. The van der Waals surface area contributed by atoms with Gasteiger partial charge in [-0.15, -0.1) is 0 Å². The predicted molar refractivity (Wildman–Crippen MR) is 92.8 cm³/mol. The van der Waals surface area contributed by atoms with Crippen LogP contribution in [0.3, 0.4) is 0 Å². The van der Waals surface area contributed by atoms with Crippen molar-refractivity contribution in [3.05, 3.63) is 35.9 Å². The van der Waals surface area contributed by atoms with Crippen LogP contribution in [0.2, 0.25) is 0 Å². The van der Waals surface area contributed by atoms with E-state index in [1.807, 2.05) is 30.3 Å². The maximum Gasteiger partial charge on any atom is 0.324 e. The molecule has 8 nitrogen and oxygen atoms in total. The van der Waals surface area contributed by atoms with E-state index in [0.29, 0.717) is 13.0 Å². The molecule has 0 aliphatic carbocycles. The number of benzene rings is 1. The molecule has 0 saturated carbocycles. The second kappa shape index (κ2) is 8.98. The van der Waals surface area contributed by atoms with Gasteiger partial charge in [0.2, 0.25) is 5.91 Å². The molecule has 1 fully saturated rings. The summed E-state index contributed by atoms with van der Waals surface area (Å²) in [6.45, 7) is 2.09. The number of nitrogens with zero attached hydrogens (tertiary/aromatic N) is 2. The summed E-state index contributed by atoms with van der Waals surface area (Å²) in [5.74, 6) is -1.14. The van der Waals surface area contributed by atoms with Gasteiger partial charge in [0.25, 0.3) is 5.91 Å². The van der Waals surface area contributed by atoms with Crippen LogP contribution in [-0.4, -0.2) is 59.9 Å². The third-order valence-electron chi connectivity index (χ3n) is 3.99. The second-order valence-corrected chi connectivity index (χ2v) is 6.12. The molecular formula is C18H23N3O5. The summed E-state index contributed by atoms with van der Waals surface area (Å²) >= 11 is 0. The molecule has 1 heterocycles. The van der Waals surface area contributed by atoms with Gasteiger partial charge in [0.05, 0.1) is 6.54 Å². The minimum Gasteiger partial charge on any atom is -0.453 e. The molecule has 8 heteroatoms. The van der Waals surface area contributed by atoms with E-state index in [1.165, 1.54) is 11.8 Å². The Morgan fingerprint density at radius 1 is 1.27 bits per heavy atom. The summed E-state index contributed by atoms with van der Waals surface area (Å²) in [5.41, 5.74) is 0.982. The van der Waals surface area contributed by atoms with Crippen molar-refractivity contribution >= 4 is 23.8 Å². The first-order valence-corrected chi connectivity index (χ1v) is 8.45. The molecule has 1 aromatic rings. The average molecular weight is 361 g/mol. The van der Waals surface area contributed by atoms with Crippen molar-refractivity contribution < 1.29 is 23.9 Å². The van der Waals surface area contributed by atoms with Crippen LogP contribution in [0.1, 0.15) is 25.3 Å². The van der Waals surface area contributed by atoms with Crippen molar-refractivity contribution in [2.24, 2.45) is 0 Å². The van der Waals surface area contributed by atoms with Gasteiger partial charge < -0.3 is 15.0 Å². The van der Waals surface area contributed by atoms with Crippen LogP contribution in [0.5, 0.6) is 0 Å². The number of likely N-dealkylation sites (N-methyl/N-ethyl adjacent to an activating group) is 1. The van der Waals surface area contributed by atoms with Crippen LogP contribution < -0.4 is 5.32 Å². The molecule has 140 valence electrons. The highest BCUT2D eigenvalue weighted by Crippen LogP contribution is 2.08. The highest BCUT2D eigenvalue weighted by molar-refractivity contribution is 6.01. The zero-order chi connectivity index (χ0) is 19.1. The number of imide groups is 1. The van der Waals surface area contributed by atoms with Gasteiger partial charge in [-0.1, -0.05) is 30.3 Å². The second-order valence-electron chi connectivity index (χ2n) is 6.12. The third-order valence-corrected chi connectivity index (χ3v) is 3.99. The molecule has 0 radical (unpaired) electrons. The fraction of sp³-hybridized carbons (Fsp3) is 0.444. The molecule has 0 bridgehead atoms. The number of rotatable bonds is 8. The number of hydrogen-bond acceptors (Lipinski definition) is 5. The van der Waals surface area contributed by atoms with Crippen LogP contribution in [-0.2, 0) is 25.7 Å². The van der Waals surface area contributed by atoms with Crippen molar-refractivity contribution in [1.82, 2.24) is 15.1 Å². The molecule has 1 aliphatic heterocycles. The fourth-order valence-electron chi connectivity index (χ4n) is 2.62. The summed E-state index contributed by atoms with van der Waals surface area (Å²) in [6.07, 6.45) is -0.580. The Hall–Kier alpha value is -2.90. The molecule has 2 rings (SSSR count). The summed E-state index contributed by atoms with van der Waals surface area (Å²) in [6, 6.07) is 9.06. The molecule has 1 unspecified atom stereocenters. The molecule has 4 amide bonds. The summed E-state index contributed by atoms with van der Waals surface area (Å²) < 4.78 is 5.16. The number of amides is 4. The molecule has 0 spiro atoms. The average Bonchev–Trinajstić information content (AvgIpc) is 2.93. The Morgan fingerprint density at radius 2 is 1.96 bits per heavy atom. The van der Waals surface area contributed by atoms with Crippen molar-refractivity contribution in [2.75, 3.05) is 20.1 Å². The number of nitrogens with one attached hydrogen (secondary N) is 1. The van der Waals surface area contributed by atoms with Crippen LogP contribution in [0, 0.1) is 0 Å². The molecule has 1 N–H and O–H groups in total. The summed E-state index contributed by atoms with van der Waals surface area (Å²) in [5, 5.41) is 2.41. The molecule has 1 aliphatic rings. The Labute approximate surface area is 152 Å². The lowest BCUT2D eigenvalue weighted by Gasteiger charge is -2.21. The topological polar surface area (TPSA) is 96.0 Å². The lowest BCUT2D eigenvalue weighted by Crippen LogP contribution is -2.37. The Bertz CT molecular complexity index is 661. The van der Waals surface area contributed by atoms with Gasteiger partial charge >= 0.3 is 12.0 Å². The monoisotopic (exact) mass is 361 g/mol. The van der Waals surface area contributed by atoms with Gasteiger partial charge in [-0.3, -0.25) is 19.3 Å². The number of carbonyl (C=O) groups excluding carboxylic acids is 4. The minimum atomic E-state index is -0.895. The molecular weight excluding hydrogens is 338 g/mol. The van der Waals surface area contributed by atoms with Crippen molar-refractivity contribution in [2.45, 2.75) is 32.4 Å². The highest BCUT2D eigenvalue weighted by Gasteiger charge is 2.28. The molecule has 1 atom stereocenters. The normalized spacial score (nSPS) is 14.8. The smallest absolute Gasteiger partial charge is 0.324 e. The van der Waals surface area contributed by atoms with Gasteiger partial charge in [-0.05, 0) is 18.9 Å². The van der Waals surface area contributed by atoms with E-state index in [0.717, 1.165) is 10.5 Å². The molecule has 1 aromatic carbocycles. The molecule has 1 saturated heterocycles. The van der Waals surface area contributed by atoms with E-state index < -0.39 is 18.1 Å². The Kier molecular flexibility index (Phi) is 6.71. The Morgan fingerprint density at radius 3 is 2.58 bits per heavy atom. The van der Waals surface area contributed by atoms with Gasteiger partial charge in [0, 0.05) is 26.6 Å². The van der Waals surface area contributed by atoms with Crippen LogP contribution in [0.25, 0.3) is 0 Å². The third kappa shape index (κ3) is 5.30. The van der Waals surface area contributed by atoms with Gasteiger partial charge in [0.1, 0.15) is 0 Å². The number of esters is 1. The van der Waals surface area contributed by atoms with E-state index >= 15 is 0 Å². The van der Waals surface area contributed by atoms with Crippen LogP contribution >= 0.6 is 0 Å². The maximum atomic E-state index is 12.3. The first kappa shape index (κ1) is 19.4. The number of carbonyl (C=O) groups is 4. The largest absolute Gasteiger partial charge is 0.453 e. The van der Waals surface area contributed by atoms with E-state index in [4.69, 9.17) is 4.74 Å². The number of ether oxygens (including phenoxy) is 1. The summed E-state index contributed by atoms with van der Waals surface area (Å²) in [7, 11) is 1.65. The molecule has 0 aromatic heterocycles. The highest BCUT2D eigenvalue weighted by atomic mass is 16.5. The summed E-state index contributed by atoms with van der Waals surface area (Å²) in [4.78, 5) is 49.5. The number of hydrogen-bond donors (Lipinski definition) is 1. The SMILES string of the molecule is CC(OC(=O)CCCN1C(=O)CNC1=O)C(=O)N(C)Cc1ccccc1. The first-order valence-electron chi connectivity index (χ1n) is 8.45. The zero-order valence-corrected chi connectivity index (χ0v) is 14.9. The van der Waals surface area contributed by atoms with E-state index in [-0.39, 0.29) is 31.3 Å². The Balaban J connectivity index is 1.72. The lowest BCUT2D eigenvalue weighted by molar-refractivity contribution is -0.158.